The normalized spacial score (nSPS) is 13.4. The number of anilines is 1. The van der Waals surface area contributed by atoms with Gasteiger partial charge in [-0.15, -0.1) is 11.3 Å². The van der Waals surface area contributed by atoms with E-state index in [1.165, 1.54) is 10.9 Å². The number of para-hydroxylation sites is 1. The Balaban J connectivity index is 1.42. The van der Waals surface area contributed by atoms with Gasteiger partial charge in [0.2, 0.25) is 0 Å². The van der Waals surface area contributed by atoms with Crippen molar-refractivity contribution in [3.8, 4) is 22.8 Å². The molecule has 0 bridgehead atoms. The largest absolute Gasteiger partial charge is 0.497 e. The summed E-state index contributed by atoms with van der Waals surface area (Å²) in [6.07, 6.45) is 2.92. The van der Waals surface area contributed by atoms with E-state index >= 15 is 0 Å². The number of nitrogens with one attached hydrogen (secondary N) is 2. The maximum atomic E-state index is 11.9. The number of benzene rings is 3. The molecule has 0 saturated heterocycles. The fourth-order valence-corrected chi connectivity index (χ4v) is 5.42. The van der Waals surface area contributed by atoms with Gasteiger partial charge in [0.1, 0.15) is 11.5 Å². The molecule has 8 heteroatoms. The Bertz CT molecular complexity index is 1650. The Labute approximate surface area is 211 Å². The van der Waals surface area contributed by atoms with Crippen LogP contribution in [0.15, 0.2) is 83.3 Å². The highest BCUT2D eigenvalue weighted by Gasteiger charge is 2.18. The molecule has 1 aliphatic heterocycles. The number of aromatic amines is 1. The summed E-state index contributed by atoms with van der Waals surface area (Å²) in [5, 5.41) is 6.26. The van der Waals surface area contributed by atoms with Gasteiger partial charge in [-0.25, -0.2) is 4.99 Å². The lowest BCUT2D eigenvalue weighted by Gasteiger charge is -2.19. The quantitative estimate of drug-likeness (QED) is 0.325. The molecule has 1 amide bonds. The van der Waals surface area contributed by atoms with E-state index in [-0.39, 0.29) is 12.5 Å². The van der Waals surface area contributed by atoms with Crippen LogP contribution < -0.4 is 19.6 Å². The first-order valence-electron chi connectivity index (χ1n) is 11.7. The van der Waals surface area contributed by atoms with Gasteiger partial charge >= 0.3 is 0 Å². The Morgan fingerprint density at radius 2 is 2.03 bits per heavy atom. The van der Waals surface area contributed by atoms with Gasteiger partial charge in [-0.05, 0) is 48.4 Å². The fourth-order valence-electron chi connectivity index (χ4n) is 4.47. The van der Waals surface area contributed by atoms with Gasteiger partial charge in [-0.3, -0.25) is 4.79 Å². The smallest absolute Gasteiger partial charge is 0.262 e. The van der Waals surface area contributed by atoms with Crippen LogP contribution in [0.1, 0.15) is 5.56 Å². The zero-order valence-electron chi connectivity index (χ0n) is 19.7. The highest BCUT2D eigenvalue weighted by Crippen LogP contribution is 2.33. The average molecular weight is 497 g/mol. The Morgan fingerprint density at radius 3 is 2.94 bits per heavy atom. The van der Waals surface area contributed by atoms with Gasteiger partial charge in [-0.2, -0.15) is 0 Å². The predicted octanol–water partition coefficient (Wildman–Crippen LogP) is 5.51. The van der Waals surface area contributed by atoms with Crippen molar-refractivity contribution in [1.82, 2.24) is 9.55 Å². The molecule has 0 radical (unpaired) electrons. The monoisotopic (exact) mass is 496 g/mol. The topological polar surface area (TPSA) is 80.6 Å². The van der Waals surface area contributed by atoms with Crippen molar-refractivity contribution in [3.05, 3.63) is 88.7 Å². The number of fused-ring (bicyclic) bond motifs is 2. The molecule has 7 nitrogen and oxygen atoms in total. The fraction of sp³-hybridized carbons (Fsp3) is 0.143. The van der Waals surface area contributed by atoms with Crippen molar-refractivity contribution in [2.45, 2.75) is 13.0 Å². The summed E-state index contributed by atoms with van der Waals surface area (Å²) >= 11 is 1.59. The van der Waals surface area contributed by atoms with Gasteiger partial charge in [0.05, 0.1) is 24.2 Å². The predicted molar refractivity (Wildman–Crippen MR) is 142 cm³/mol. The van der Waals surface area contributed by atoms with Gasteiger partial charge < -0.3 is 24.3 Å². The van der Waals surface area contributed by atoms with Crippen LogP contribution in [0.25, 0.3) is 22.2 Å². The number of aryl methyl sites for hydroxylation is 1. The van der Waals surface area contributed by atoms with Crippen molar-refractivity contribution in [1.29, 1.82) is 0 Å². The molecule has 36 heavy (non-hydrogen) atoms. The lowest BCUT2D eigenvalue weighted by atomic mass is 10.1. The summed E-state index contributed by atoms with van der Waals surface area (Å²) < 4.78 is 13.2. The molecule has 0 saturated carbocycles. The molecular weight excluding hydrogens is 472 g/mol. The third kappa shape index (κ3) is 4.27. The summed E-state index contributed by atoms with van der Waals surface area (Å²) in [4.78, 5) is 21.1. The number of thiazole rings is 1. The molecule has 2 N–H and O–H groups in total. The Hall–Kier alpha value is -4.30. The maximum Gasteiger partial charge on any atom is 0.262 e. The number of aromatic nitrogens is 2. The van der Waals surface area contributed by atoms with Crippen molar-refractivity contribution in [2.75, 3.05) is 19.0 Å². The second kappa shape index (κ2) is 9.39. The third-order valence-electron chi connectivity index (χ3n) is 6.26. The van der Waals surface area contributed by atoms with Crippen LogP contribution in [-0.2, 0) is 17.8 Å². The second-order valence-corrected chi connectivity index (χ2v) is 9.36. The zero-order chi connectivity index (χ0) is 24.5. The van der Waals surface area contributed by atoms with Crippen LogP contribution in [-0.4, -0.2) is 29.2 Å². The highest BCUT2D eigenvalue weighted by atomic mass is 32.1. The molecular formula is C28H24N4O3S. The molecule has 6 rings (SSSR count). The molecule has 0 fully saturated rings. The second-order valence-electron chi connectivity index (χ2n) is 8.53. The maximum absolute atomic E-state index is 11.9. The van der Waals surface area contributed by atoms with Gasteiger partial charge in [0, 0.05) is 40.7 Å². The number of rotatable bonds is 6. The number of carbonyl (C=O) groups excluding carboxylic acids is 1. The first-order chi connectivity index (χ1) is 17.7. The minimum atomic E-state index is -0.147. The molecule has 5 aromatic rings. The van der Waals surface area contributed by atoms with E-state index in [0.29, 0.717) is 11.4 Å². The van der Waals surface area contributed by atoms with E-state index in [2.05, 4.69) is 44.6 Å². The van der Waals surface area contributed by atoms with Crippen LogP contribution in [0.4, 0.5) is 11.4 Å². The van der Waals surface area contributed by atoms with Crippen molar-refractivity contribution < 1.29 is 14.3 Å². The number of ether oxygens (including phenoxy) is 2. The molecule has 0 atom stereocenters. The Morgan fingerprint density at radius 1 is 1.11 bits per heavy atom. The van der Waals surface area contributed by atoms with E-state index in [4.69, 9.17) is 14.5 Å². The number of nitrogens with zero attached hydrogens (tertiary/aromatic N) is 2. The molecule has 0 aliphatic carbocycles. The minimum Gasteiger partial charge on any atom is -0.497 e. The number of hydrogen-bond acceptors (Lipinski definition) is 5. The summed E-state index contributed by atoms with van der Waals surface area (Å²) in [5.41, 5.74) is 5.92. The molecule has 3 aromatic carbocycles. The lowest BCUT2D eigenvalue weighted by Crippen LogP contribution is -2.25. The summed E-state index contributed by atoms with van der Waals surface area (Å²) in [6, 6.07) is 22.0. The van der Waals surface area contributed by atoms with E-state index in [1.807, 2.05) is 48.5 Å². The molecule has 0 spiro atoms. The molecule has 0 unspecified atom stereocenters. The number of amides is 1. The molecule has 3 heterocycles. The van der Waals surface area contributed by atoms with Crippen LogP contribution >= 0.6 is 11.3 Å². The third-order valence-corrected chi connectivity index (χ3v) is 7.13. The zero-order valence-corrected chi connectivity index (χ0v) is 20.5. The lowest BCUT2D eigenvalue weighted by molar-refractivity contribution is -0.118. The van der Waals surface area contributed by atoms with E-state index in [9.17, 15) is 4.79 Å². The summed E-state index contributed by atoms with van der Waals surface area (Å²) in [7, 11) is 1.66. The molecule has 1 aliphatic rings. The minimum absolute atomic E-state index is 0.0407. The highest BCUT2D eigenvalue weighted by molar-refractivity contribution is 7.07. The average Bonchev–Trinajstić information content (AvgIpc) is 3.51. The standard InChI is InChI=1S/C28H24N4O3S/c1-34-21-6-4-5-20(14-21)30-28-32(12-11-19-15-29-23-8-3-2-7-22(19)23)25(17-36-28)18-9-10-26-24(13-18)31-27(33)16-35-26/h2-10,13-15,17,29H,11-12,16H2,1H3,(H,31,33). The molecule has 2 aromatic heterocycles. The van der Waals surface area contributed by atoms with Gasteiger partial charge in [0.15, 0.2) is 11.4 Å². The van der Waals surface area contributed by atoms with Crippen LogP contribution in [0, 0.1) is 0 Å². The van der Waals surface area contributed by atoms with E-state index < -0.39 is 0 Å². The number of methoxy groups -OCH3 is 1. The van der Waals surface area contributed by atoms with Crippen molar-refractivity contribution in [2.24, 2.45) is 4.99 Å². The van der Waals surface area contributed by atoms with Crippen molar-refractivity contribution in [3.63, 3.8) is 0 Å². The van der Waals surface area contributed by atoms with Crippen LogP contribution in [0.5, 0.6) is 11.5 Å². The summed E-state index contributed by atoms with van der Waals surface area (Å²) in [5.74, 6) is 1.30. The number of hydrogen-bond donors (Lipinski definition) is 2. The first-order valence-corrected chi connectivity index (χ1v) is 12.5. The number of carbonyl (C=O) groups is 1. The molecule has 180 valence electrons. The Kier molecular flexibility index (Phi) is 5.79. The first kappa shape index (κ1) is 22.2. The summed E-state index contributed by atoms with van der Waals surface area (Å²) in [6.45, 7) is 0.780. The number of H-pyrrole nitrogens is 1. The van der Waals surface area contributed by atoms with Crippen molar-refractivity contribution >= 4 is 39.5 Å². The van der Waals surface area contributed by atoms with E-state index in [1.54, 1.807) is 18.4 Å². The van der Waals surface area contributed by atoms with Gasteiger partial charge in [0.25, 0.3) is 5.91 Å². The van der Waals surface area contributed by atoms with Crippen LogP contribution in [0.2, 0.25) is 0 Å². The SMILES string of the molecule is COc1cccc(N=c2scc(-c3ccc4c(c3)NC(=O)CO4)n2CCc2c[nH]c3ccccc23)c1. The van der Waals surface area contributed by atoms with E-state index in [0.717, 1.165) is 46.0 Å². The van der Waals surface area contributed by atoms with Gasteiger partial charge in [-0.1, -0.05) is 24.3 Å². The van der Waals surface area contributed by atoms with Crippen LogP contribution in [0.3, 0.4) is 0 Å².